The maximum absolute atomic E-state index is 5.77. The minimum Gasteiger partial charge on any atom is -0.368 e. The Labute approximate surface area is 116 Å². The molecule has 0 aliphatic rings. The molecule has 3 N–H and O–H groups in total. The molecule has 1 aromatic carbocycles. The van der Waals surface area contributed by atoms with Crippen LogP contribution in [0.15, 0.2) is 36.5 Å². The SMILES string of the molecule is CCN(Cc1ccccc1)c1nc(N)nc2[nH]ncc12. The standard InChI is InChI=1S/C14H16N6/c1-2-20(9-10-6-4-3-5-7-10)13-11-8-16-19-12(11)17-14(15)18-13/h3-8H,2,9H2,1H3,(H3,15,16,17,18,19). The highest BCUT2D eigenvalue weighted by molar-refractivity contribution is 5.87. The van der Waals surface area contributed by atoms with Crippen molar-refractivity contribution in [3.8, 4) is 0 Å². The lowest BCUT2D eigenvalue weighted by atomic mass is 10.2. The highest BCUT2D eigenvalue weighted by atomic mass is 15.2. The lowest BCUT2D eigenvalue weighted by molar-refractivity contribution is 0.818. The Morgan fingerprint density at radius 3 is 2.75 bits per heavy atom. The van der Waals surface area contributed by atoms with E-state index in [2.05, 4.69) is 44.1 Å². The van der Waals surface area contributed by atoms with Gasteiger partial charge in [0.25, 0.3) is 0 Å². The number of H-pyrrole nitrogens is 1. The summed E-state index contributed by atoms with van der Waals surface area (Å²) in [5, 5.41) is 7.74. The van der Waals surface area contributed by atoms with Crippen LogP contribution >= 0.6 is 0 Å². The van der Waals surface area contributed by atoms with Gasteiger partial charge >= 0.3 is 0 Å². The van der Waals surface area contributed by atoms with Crippen LogP contribution < -0.4 is 10.6 Å². The van der Waals surface area contributed by atoms with Crippen molar-refractivity contribution in [2.45, 2.75) is 13.5 Å². The Morgan fingerprint density at radius 2 is 2.00 bits per heavy atom. The van der Waals surface area contributed by atoms with Crippen LogP contribution in [0.3, 0.4) is 0 Å². The summed E-state index contributed by atoms with van der Waals surface area (Å²) in [6, 6.07) is 10.3. The lowest BCUT2D eigenvalue weighted by Crippen LogP contribution is -2.23. The van der Waals surface area contributed by atoms with E-state index in [4.69, 9.17) is 5.73 Å². The van der Waals surface area contributed by atoms with E-state index in [1.165, 1.54) is 5.56 Å². The number of nitrogens with one attached hydrogen (secondary N) is 1. The third-order valence-electron chi connectivity index (χ3n) is 3.20. The molecule has 0 bridgehead atoms. The third-order valence-corrected chi connectivity index (χ3v) is 3.20. The summed E-state index contributed by atoms with van der Waals surface area (Å²) < 4.78 is 0. The summed E-state index contributed by atoms with van der Waals surface area (Å²) in [5.74, 6) is 1.07. The quantitative estimate of drug-likeness (QED) is 0.755. The number of aromatic amines is 1. The topological polar surface area (TPSA) is 83.7 Å². The van der Waals surface area contributed by atoms with Crippen LogP contribution in [0.1, 0.15) is 12.5 Å². The van der Waals surface area contributed by atoms with Gasteiger partial charge in [0, 0.05) is 13.1 Å². The molecule has 0 atom stereocenters. The first-order valence-corrected chi connectivity index (χ1v) is 6.53. The molecule has 2 aromatic heterocycles. The van der Waals surface area contributed by atoms with Crippen molar-refractivity contribution in [2.75, 3.05) is 17.2 Å². The smallest absolute Gasteiger partial charge is 0.224 e. The maximum atomic E-state index is 5.77. The molecule has 0 aliphatic heterocycles. The maximum Gasteiger partial charge on any atom is 0.224 e. The van der Waals surface area contributed by atoms with E-state index in [9.17, 15) is 0 Å². The molecule has 3 aromatic rings. The molecule has 0 aliphatic carbocycles. The summed E-state index contributed by atoms with van der Waals surface area (Å²) in [6.45, 7) is 3.69. The van der Waals surface area contributed by atoms with E-state index in [-0.39, 0.29) is 5.95 Å². The van der Waals surface area contributed by atoms with Crippen molar-refractivity contribution in [3.05, 3.63) is 42.1 Å². The molecular formula is C14H16N6. The van der Waals surface area contributed by atoms with E-state index in [1.54, 1.807) is 6.20 Å². The molecule has 0 fully saturated rings. The van der Waals surface area contributed by atoms with E-state index < -0.39 is 0 Å². The summed E-state index contributed by atoms with van der Waals surface area (Å²) in [5.41, 5.74) is 7.66. The predicted molar refractivity (Wildman–Crippen MR) is 79.3 cm³/mol. The van der Waals surface area contributed by atoms with Gasteiger partial charge in [-0.3, -0.25) is 5.10 Å². The van der Waals surface area contributed by atoms with Crippen molar-refractivity contribution in [1.29, 1.82) is 0 Å². The number of nitrogens with two attached hydrogens (primary N) is 1. The van der Waals surface area contributed by atoms with Crippen LogP contribution in [0.2, 0.25) is 0 Å². The zero-order valence-corrected chi connectivity index (χ0v) is 11.2. The van der Waals surface area contributed by atoms with Crippen molar-refractivity contribution >= 4 is 22.8 Å². The number of anilines is 2. The van der Waals surface area contributed by atoms with Crippen molar-refractivity contribution in [3.63, 3.8) is 0 Å². The molecule has 0 amide bonds. The van der Waals surface area contributed by atoms with Gasteiger partial charge in [0.1, 0.15) is 5.82 Å². The first kappa shape index (κ1) is 12.4. The molecule has 0 saturated carbocycles. The predicted octanol–water partition coefficient (Wildman–Crippen LogP) is 1.96. The largest absolute Gasteiger partial charge is 0.368 e. The number of benzene rings is 1. The fourth-order valence-electron chi connectivity index (χ4n) is 2.22. The molecular weight excluding hydrogens is 252 g/mol. The third kappa shape index (κ3) is 2.27. The zero-order chi connectivity index (χ0) is 13.9. The molecule has 102 valence electrons. The average Bonchev–Trinajstić information content (AvgIpc) is 2.93. The molecule has 3 rings (SSSR count). The Bertz CT molecular complexity index is 706. The van der Waals surface area contributed by atoms with Crippen LogP contribution in [0.25, 0.3) is 11.0 Å². The summed E-state index contributed by atoms with van der Waals surface area (Å²) in [4.78, 5) is 10.7. The van der Waals surface area contributed by atoms with Gasteiger partial charge in [-0.1, -0.05) is 30.3 Å². The Kier molecular flexibility index (Phi) is 3.20. The Hall–Kier alpha value is -2.63. The van der Waals surface area contributed by atoms with Crippen LogP contribution in [-0.2, 0) is 6.54 Å². The first-order valence-electron chi connectivity index (χ1n) is 6.53. The monoisotopic (exact) mass is 268 g/mol. The van der Waals surface area contributed by atoms with Gasteiger partial charge in [0.05, 0.1) is 11.6 Å². The van der Waals surface area contributed by atoms with Gasteiger partial charge in [-0.15, -0.1) is 0 Å². The van der Waals surface area contributed by atoms with Crippen LogP contribution in [0.5, 0.6) is 0 Å². The lowest BCUT2D eigenvalue weighted by Gasteiger charge is -2.22. The fourth-order valence-corrected chi connectivity index (χ4v) is 2.22. The molecule has 0 radical (unpaired) electrons. The second kappa shape index (κ2) is 5.16. The summed E-state index contributed by atoms with van der Waals surface area (Å²) in [7, 11) is 0. The molecule has 0 saturated heterocycles. The highest BCUT2D eigenvalue weighted by Gasteiger charge is 2.14. The molecule has 6 nitrogen and oxygen atoms in total. The molecule has 2 heterocycles. The zero-order valence-electron chi connectivity index (χ0n) is 11.2. The number of rotatable bonds is 4. The van der Waals surface area contributed by atoms with Gasteiger partial charge in [-0.05, 0) is 12.5 Å². The Morgan fingerprint density at radius 1 is 1.20 bits per heavy atom. The van der Waals surface area contributed by atoms with Crippen LogP contribution in [-0.4, -0.2) is 26.7 Å². The van der Waals surface area contributed by atoms with Crippen LogP contribution in [0, 0.1) is 0 Å². The van der Waals surface area contributed by atoms with E-state index in [0.29, 0.717) is 5.65 Å². The number of nitrogens with zero attached hydrogens (tertiary/aromatic N) is 4. The molecule has 20 heavy (non-hydrogen) atoms. The Balaban J connectivity index is 2.01. The van der Waals surface area contributed by atoms with Gasteiger partial charge in [-0.2, -0.15) is 15.1 Å². The van der Waals surface area contributed by atoms with Crippen molar-refractivity contribution in [1.82, 2.24) is 20.2 Å². The number of nitrogen functional groups attached to an aromatic ring is 1. The fraction of sp³-hybridized carbons (Fsp3) is 0.214. The summed E-state index contributed by atoms with van der Waals surface area (Å²) >= 11 is 0. The normalized spacial score (nSPS) is 10.8. The average molecular weight is 268 g/mol. The minimum absolute atomic E-state index is 0.253. The van der Waals surface area contributed by atoms with Gasteiger partial charge in [-0.25, -0.2) is 0 Å². The van der Waals surface area contributed by atoms with Crippen LogP contribution in [0.4, 0.5) is 11.8 Å². The van der Waals surface area contributed by atoms with Gasteiger partial charge in [0.2, 0.25) is 5.95 Å². The molecule has 0 spiro atoms. The second-order valence-electron chi connectivity index (χ2n) is 4.54. The van der Waals surface area contributed by atoms with E-state index in [1.807, 2.05) is 18.2 Å². The number of fused-ring (bicyclic) bond motifs is 1. The van der Waals surface area contributed by atoms with E-state index in [0.717, 1.165) is 24.3 Å². The molecule has 0 unspecified atom stereocenters. The first-order chi connectivity index (χ1) is 9.78. The number of aromatic nitrogens is 4. The van der Waals surface area contributed by atoms with Crippen molar-refractivity contribution in [2.24, 2.45) is 0 Å². The highest BCUT2D eigenvalue weighted by Crippen LogP contribution is 2.24. The van der Waals surface area contributed by atoms with Gasteiger partial charge in [0.15, 0.2) is 5.65 Å². The summed E-state index contributed by atoms with van der Waals surface area (Å²) in [6.07, 6.45) is 1.73. The minimum atomic E-state index is 0.253. The number of hydrogen-bond donors (Lipinski definition) is 2. The van der Waals surface area contributed by atoms with Crippen molar-refractivity contribution < 1.29 is 0 Å². The molecule has 6 heteroatoms. The number of hydrogen-bond acceptors (Lipinski definition) is 5. The van der Waals surface area contributed by atoms with E-state index >= 15 is 0 Å². The van der Waals surface area contributed by atoms with Gasteiger partial charge < -0.3 is 10.6 Å². The second-order valence-corrected chi connectivity index (χ2v) is 4.54.